The predicted molar refractivity (Wildman–Crippen MR) is 62.3 cm³/mol. The monoisotopic (exact) mass is 219 g/mol. The number of rotatable bonds is 3. The Morgan fingerprint density at radius 2 is 2.25 bits per heavy atom. The Hall–Kier alpha value is -1.35. The van der Waals surface area contributed by atoms with Crippen molar-refractivity contribution in [3.05, 3.63) is 35.4 Å². The van der Waals surface area contributed by atoms with E-state index in [1.54, 1.807) is 0 Å². The predicted octanol–water partition coefficient (Wildman–Crippen LogP) is 1.77. The number of nitrogens with two attached hydrogens (primary N) is 1. The van der Waals surface area contributed by atoms with Crippen LogP contribution in [0.25, 0.3) is 0 Å². The second-order valence-electron chi connectivity index (χ2n) is 4.38. The topological polar surface area (TPSA) is 63.3 Å². The second-order valence-corrected chi connectivity index (χ2v) is 4.38. The van der Waals surface area contributed by atoms with Gasteiger partial charge < -0.3 is 10.8 Å². The SMILES string of the molecule is NCC(C(=O)O)C1CCCc2ccccc21. The van der Waals surface area contributed by atoms with Crippen molar-refractivity contribution in [2.45, 2.75) is 25.2 Å². The molecule has 0 spiro atoms. The van der Waals surface area contributed by atoms with Gasteiger partial charge in [0.05, 0.1) is 5.92 Å². The van der Waals surface area contributed by atoms with E-state index in [-0.39, 0.29) is 12.5 Å². The molecule has 0 bridgehead atoms. The molecule has 0 heterocycles. The molecule has 0 saturated carbocycles. The highest BCUT2D eigenvalue weighted by Gasteiger charge is 2.31. The standard InChI is InChI=1S/C13H17NO2/c14-8-12(13(15)16)11-7-3-5-9-4-1-2-6-10(9)11/h1-2,4,6,11-12H,3,5,7-8,14H2,(H,15,16). The molecule has 3 nitrogen and oxygen atoms in total. The molecule has 0 amide bonds. The van der Waals surface area contributed by atoms with Crippen LogP contribution in [0.4, 0.5) is 0 Å². The van der Waals surface area contributed by atoms with Crippen LogP contribution in [0.2, 0.25) is 0 Å². The van der Waals surface area contributed by atoms with E-state index in [2.05, 4.69) is 6.07 Å². The highest BCUT2D eigenvalue weighted by atomic mass is 16.4. The fourth-order valence-electron chi connectivity index (χ4n) is 2.65. The van der Waals surface area contributed by atoms with Crippen molar-refractivity contribution in [1.29, 1.82) is 0 Å². The number of hydrogen-bond donors (Lipinski definition) is 2. The molecule has 1 aromatic carbocycles. The lowest BCUT2D eigenvalue weighted by Gasteiger charge is -2.29. The van der Waals surface area contributed by atoms with Crippen molar-refractivity contribution >= 4 is 5.97 Å². The van der Waals surface area contributed by atoms with Crippen LogP contribution in [0.5, 0.6) is 0 Å². The highest BCUT2D eigenvalue weighted by molar-refractivity contribution is 5.72. The summed E-state index contributed by atoms with van der Waals surface area (Å²) in [6.07, 6.45) is 3.06. The molecular formula is C13H17NO2. The van der Waals surface area contributed by atoms with Gasteiger partial charge in [0.25, 0.3) is 0 Å². The quantitative estimate of drug-likeness (QED) is 0.814. The molecule has 0 radical (unpaired) electrons. The van der Waals surface area contributed by atoms with Gasteiger partial charge in [-0.25, -0.2) is 0 Å². The van der Waals surface area contributed by atoms with Gasteiger partial charge in [-0.2, -0.15) is 0 Å². The lowest BCUT2D eigenvalue weighted by atomic mass is 9.76. The van der Waals surface area contributed by atoms with E-state index >= 15 is 0 Å². The zero-order valence-corrected chi connectivity index (χ0v) is 9.23. The van der Waals surface area contributed by atoms with Crippen molar-refractivity contribution in [3.8, 4) is 0 Å². The summed E-state index contributed by atoms with van der Waals surface area (Å²) >= 11 is 0. The van der Waals surface area contributed by atoms with Crippen molar-refractivity contribution < 1.29 is 9.90 Å². The first-order valence-corrected chi connectivity index (χ1v) is 5.74. The maximum absolute atomic E-state index is 11.2. The van der Waals surface area contributed by atoms with Crippen molar-refractivity contribution in [1.82, 2.24) is 0 Å². The third kappa shape index (κ3) is 1.95. The third-order valence-corrected chi connectivity index (χ3v) is 3.47. The molecule has 3 N–H and O–H groups in total. The molecule has 2 atom stereocenters. The Balaban J connectivity index is 2.34. The first-order chi connectivity index (χ1) is 7.74. The molecule has 0 fully saturated rings. The smallest absolute Gasteiger partial charge is 0.308 e. The Kier molecular flexibility index (Phi) is 3.25. The van der Waals surface area contributed by atoms with Gasteiger partial charge in [0.1, 0.15) is 0 Å². The largest absolute Gasteiger partial charge is 0.481 e. The minimum atomic E-state index is -0.774. The van der Waals surface area contributed by atoms with Crippen molar-refractivity contribution in [3.63, 3.8) is 0 Å². The molecule has 3 heteroatoms. The zero-order valence-electron chi connectivity index (χ0n) is 9.23. The first kappa shape index (κ1) is 11.1. The van der Waals surface area contributed by atoms with E-state index in [9.17, 15) is 9.90 Å². The van der Waals surface area contributed by atoms with Crippen LogP contribution in [0.1, 0.15) is 29.9 Å². The number of aryl methyl sites for hydroxylation is 1. The average Bonchev–Trinajstić information content (AvgIpc) is 2.30. The van der Waals surface area contributed by atoms with Crippen LogP contribution in [-0.2, 0) is 11.2 Å². The molecule has 2 unspecified atom stereocenters. The maximum atomic E-state index is 11.2. The summed E-state index contributed by atoms with van der Waals surface area (Å²) in [5.41, 5.74) is 8.06. The summed E-state index contributed by atoms with van der Waals surface area (Å²) in [6.45, 7) is 0.217. The summed E-state index contributed by atoms with van der Waals surface area (Å²) < 4.78 is 0. The molecule has 1 aliphatic rings. The van der Waals surface area contributed by atoms with E-state index in [4.69, 9.17) is 5.73 Å². The van der Waals surface area contributed by atoms with Gasteiger partial charge in [0, 0.05) is 6.54 Å². The first-order valence-electron chi connectivity index (χ1n) is 5.74. The summed E-state index contributed by atoms with van der Waals surface area (Å²) in [6, 6.07) is 8.13. The zero-order chi connectivity index (χ0) is 11.5. The Labute approximate surface area is 95.3 Å². The minimum absolute atomic E-state index is 0.0902. The van der Waals surface area contributed by atoms with Gasteiger partial charge in [0.2, 0.25) is 0 Å². The Bertz CT molecular complexity index is 389. The molecule has 1 aliphatic carbocycles. The summed E-state index contributed by atoms with van der Waals surface area (Å²) in [4.78, 5) is 11.2. The molecule has 0 aliphatic heterocycles. The molecule has 0 saturated heterocycles. The third-order valence-electron chi connectivity index (χ3n) is 3.47. The van der Waals surface area contributed by atoms with E-state index in [0.717, 1.165) is 19.3 Å². The number of carbonyl (C=O) groups is 1. The normalized spacial score (nSPS) is 21.2. The lowest BCUT2D eigenvalue weighted by Crippen LogP contribution is -2.31. The molecule has 2 rings (SSSR count). The highest BCUT2D eigenvalue weighted by Crippen LogP contribution is 2.36. The van der Waals surface area contributed by atoms with Gasteiger partial charge in [-0.3, -0.25) is 4.79 Å². The average molecular weight is 219 g/mol. The van der Waals surface area contributed by atoms with Crippen LogP contribution in [0.15, 0.2) is 24.3 Å². The Morgan fingerprint density at radius 3 is 2.94 bits per heavy atom. The number of carboxylic acids is 1. The van der Waals surface area contributed by atoms with Gasteiger partial charge in [-0.05, 0) is 36.3 Å². The van der Waals surface area contributed by atoms with Gasteiger partial charge in [-0.1, -0.05) is 24.3 Å². The van der Waals surface area contributed by atoms with Crippen LogP contribution in [0.3, 0.4) is 0 Å². The number of benzene rings is 1. The van der Waals surface area contributed by atoms with Crippen LogP contribution in [0, 0.1) is 5.92 Å². The van der Waals surface area contributed by atoms with Gasteiger partial charge >= 0.3 is 5.97 Å². The Morgan fingerprint density at radius 1 is 1.50 bits per heavy atom. The molecule has 1 aromatic rings. The number of aliphatic carboxylic acids is 1. The molecule has 0 aromatic heterocycles. The van der Waals surface area contributed by atoms with Crippen LogP contribution >= 0.6 is 0 Å². The number of hydrogen-bond acceptors (Lipinski definition) is 2. The fraction of sp³-hybridized carbons (Fsp3) is 0.462. The summed E-state index contributed by atoms with van der Waals surface area (Å²) in [7, 11) is 0. The van der Waals surface area contributed by atoms with Crippen LogP contribution in [-0.4, -0.2) is 17.6 Å². The molecule has 16 heavy (non-hydrogen) atoms. The van der Waals surface area contributed by atoms with Gasteiger partial charge in [-0.15, -0.1) is 0 Å². The molecular weight excluding hydrogens is 202 g/mol. The van der Waals surface area contributed by atoms with Crippen molar-refractivity contribution in [2.75, 3.05) is 6.54 Å². The van der Waals surface area contributed by atoms with Crippen molar-refractivity contribution in [2.24, 2.45) is 11.7 Å². The van der Waals surface area contributed by atoms with Crippen LogP contribution < -0.4 is 5.73 Å². The van der Waals surface area contributed by atoms with E-state index in [1.807, 2.05) is 18.2 Å². The van der Waals surface area contributed by atoms with E-state index < -0.39 is 11.9 Å². The number of carboxylic acid groups (broad SMARTS) is 1. The summed E-state index contributed by atoms with van der Waals surface area (Å²) in [5.74, 6) is -1.13. The van der Waals surface area contributed by atoms with E-state index in [1.165, 1.54) is 11.1 Å². The minimum Gasteiger partial charge on any atom is -0.481 e. The lowest BCUT2D eigenvalue weighted by molar-refractivity contribution is -0.142. The number of fused-ring (bicyclic) bond motifs is 1. The fourth-order valence-corrected chi connectivity index (χ4v) is 2.65. The van der Waals surface area contributed by atoms with Gasteiger partial charge in [0.15, 0.2) is 0 Å². The molecule has 86 valence electrons. The second kappa shape index (κ2) is 4.66. The summed E-state index contributed by atoms with van der Waals surface area (Å²) in [5, 5.41) is 9.17. The maximum Gasteiger partial charge on any atom is 0.308 e. The van der Waals surface area contributed by atoms with E-state index in [0.29, 0.717) is 0 Å².